The quantitative estimate of drug-likeness (QED) is 0.603. The fraction of sp³-hybridized carbons (Fsp3) is 0.250. The fourth-order valence-electron chi connectivity index (χ4n) is 3.35. The van der Waals surface area contributed by atoms with Crippen molar-refractivity contribution in [3.8, 4) is 0 Å². The number of nitrogens with zero attached hydrogens (tertiary/aromatic N) is 2. The summed E-state index contributed by atoms with van der Waals surface area (Å²) in [4.78, 5) is 6.71. The van der Waals surface area contributed by atoms with Crippen LogP contribution in [-0.4, -0.2) is 39.7 Å². The number of pyridine rings is 1. The number of hydrogen-bond donors (Lipinski definition) is 0. The van der Waals surface area contributed by atoms with Gasteiger partial charge in [-0.25, -0.2) is 8.42 Å². The molecule has 0 saturated carbocycles. The second-order valence-electron chi connectivity index (χ2n) is 6.67. The van der Waals surface area contributed by atoms with Gasteiger partial charge in [0.25, 0.3) is 0 Å². The van der Waals surface area contributed by atoms with Crippen LogP contribution < -0.4 is 4.90 Å². The van der Waals surface area contributed by atoms with Crippen molar-refractivity contribution in [2.75, 3.05) is 31.2 Å². The minimum absolute atomic E-state index is 0.0882. The second-order valence-corrected chi connectivity index (χ2v) is 9.40. The van der Waals surface area contributed by atoms with E-state index < -0.39 is 9.84 Å². The Balaban J connectivity index is 1.98. The van der Waals surface area contributed by atoms with E-state index in [1.807, 2.05) is 25.1 Å². The van der Waals surface area contributed by atoms with Crippen LogP contribution in [0.3, 0.4) is 0 Å². The highest BCUT2D eigenvalue weighted by molar-refractivity contribution is 7.91. The third-order valence-corrected chi connectivity index (χ3v) is 7.27. The van der Waals surface area contributed by atoms with Crippen LogP contribution in [0.1, 0.15) is 5.56 Å². The van der Waals surface area contributed by atoms with E-state index in [1.54, 1.807) is 0 Å². The lowest BCUT2D eigenvalue weighted by Crippen LogP contribution is -2.37. The van der Waals surface area contributed by atoms with E-state index in [9.17, 15) is 8.42 Å². The predicted molar refractivity (Wildman–Crippen MR) is 111 cm³/mol. The van der Waals surface area contributed by atoms with Gasteiger partial charge < -0.3 is 9.64 Å². The predicted octanol–water partition coefficient (Wildman–Crippen LogP) is 4.52. The fourth-order valence-corrected chi connectivity index (χ4v) is 5.18. The molecule has 2 heterocycles. The summed E-state index contributed by atoms with van der Waals surface area (Å²) in [6.45, 7) is 4.28. The van der Waals surface area contributed by atoms with Gasteiger partial charge in [-0.2, -0.15) is 0 Å². The highest BCUT2D eigenvalue weighted by atomic mass is 35.5. The first-order valence-corrected chi connectivity index (χ1v) is 11.0. The molecule has 0 spiro atoms. The molecule has 146 valence electrons. The number of morpholine rings is 1. The average Bonchev–Trinajstić information content (AvgIpc) is 2.69. The van der Waals surface area contributed by atoms with Gasteiger partial charge in [-0.15, -0.1) is 0 Å². The number of hydrogen-bond acceptors (Lipinski definition) is 5. The standard InChI is InChI=1S/C20H18Cl2N2O3S/c1-13-2-5-18-15(10-13)20(24-6-8-27-9-7-24)19(12-23-18)28(25,26)14-3-4-16(21)17(22)11-14/h2-5,10-12H,6-9H2,1H3. The molecule has 1 aliphatic rings. The molecule has 0 unspecified atom stereocenters. The Morgan fingerprint density at radius 3 is 2.50 bits per heavy atom. The summed E-state index contributed by atoms with van der Waals surface area (Å²) < 4.78 is 32.4. The molecule has 1 aromatic heterocycles. The van der Waals surface area contributed by atoms with Crippen molar-refractivity contribution in [2.45, 2.75) is 16.7 Å². The van der Waals surface area contributed by atoms with E-state index in [2.05, 4.69) is 9.88 Å². The minimum Gasteiger partial charge on any atom is -0.378 e. The summed E-state index contributed by atoms with van der Waals surface area (Å²) in [6.07, 6.45) is 1.43. The Morgan fingerprint density at radius 2 is 1.79 bits per heavy atom. The van der Waals surface area contributed by atoms with E-state index in [-0.39, 0.29) is 14.8 Å². The van der Waals surface area contributed by atoms with Crippen LogP contribution in [0.15, 0.2) is 52.4 Å². The van der Waals surface area contributed by atoms with E-state index >= 15 is 0 Å². The first kappa shape index (κ1) is 19.5. The van der Waals surface area contributed by atoms with E-state index in [4.69, 9.17) is 27.9 Å². The van der Waals surface area contributed by atoms with Crippen LogP contribution in [0, 0.1) is 6.92 Å². The van der Waals surface area contributed by atoms with Gasteiger partial charge in [-0.1, -0.05) is 34.8 Å². The highest BCUT2D eigenvalue weighted by Crippen LogP contribution is 2.37. The van der Waals surface area contributed by atoms with Crippen LogP contribution in [0.2, 0.25) is 10.0 Å². The maximum absolute atomic E-state index is 13.5. The van der Waals surface area contributed by atoms with Crippen LogP contribution in [0.5, 0.6) is 0 Å². The largest absolute Gasteiger partial charge is 0.378 e. The number of halogens is 2. The van der Waals surface area contributed by atoms with Gasteiger partial charge in [0, 0.05) is 24.7 Å². The molecule has 0 bridgehead atoms. The molecule has 0 amide bonds. The molecular formula is C20H18Cl2N2O3S. The zero-order valence-electron chi connectivity index (χ0n) is 15.2. The molecule has 0 atom stereocenters. The topological polar surface area (TPSA) is 59.5 Å². The Kier molecular flexibility index (Phi) is 5.22. The number of aryl methyl sites for hydroxylation is 1. The van der Waals surface area contributed by atoms with Gasteiger partial charge >= 0.3 is 0 Å². The van der Waals surface area contributed by atoms with Gasteiger partial charge in [-0.3, -0.25) is 4.98 Å². The number of sulfone groups is 1. The molecule has 5 nitrogen and oxygen atoms in total. The van der Waals surface area contributed by atoms with Crippen LogP contribution in [-0.2, 0) is 14.6 Å². The second kappa shape index (κ2) is 7.52. The number of rotatable bonds is 3. The van der Waals surface area contributed by atoms with Gasteiger partial charge in [0.15, 0.2) is 0 Å². The molecule has 1 saturated heterocycles. The monoisotopic (exact) mass is 436 g/mol. The number of ether oxygens (including phenoxy) is 1. The number of anilines is 1. The molecule has 0 N–H and O–H groups in total. The smallest absolute Gasteiger partial charge is 0.210 e. The van der Waals surface area contributed by atoms with E-state index in [0.29, 0.717) is 37.0 Å². The first-order chi connectivity index (χ1) is 13.4. The molecule has 3 aromatic rings. The number of aromatic nitrogens is 1. The zero-order valence-corrected chi connectivity index (χ0v) is 17.5. The molecule has 4 rings (SSSR count). The summed E-state index contributed by atoms with van der Waals surface area (Å²) in [5.41, 5.74) is 2.44. The molecule has 8 heteroatoms. The maximum Gasteiger partial charge on any atom is 0.210 e. The van der Waals surface area contributed by atoms with Crippen LogP contribution >= 0.6 is 23.2 Å². The van der Waals surface area contributed by atoms with Crippen molar-refractivity contribution in [1.29, 1.82) is 0 Å². The highest BCUT2D eigenvalue weighted by Gasteiger charge is 2.28. The molecule has 0 aliphatic carbocycles. The van der Waals surface area contributed by atoms with Crippen molar-refractivity contribution in [3.63, 3.8) is 0 Å². The lowest BCUT2D eigenvalue weighted by atomic mass is 10.1. The molecule has 0 radical (unpaired) electrons. The maximum atomic E-state index is 13.5. The Labute approximate surface area is 173 Å². The van der Waals surface area contributed by atoms with E-state index in [0.717, 1.165) is 16.5 Å². The van der Waals surface area contributed by atoms with Crippen molar-refractivity contribution >= 4 is 49.6 Å². The lowest BCUT2D eigenvalue weighted by molar-refractivity contribution is 0.122. The van der Waals surface area contributed by atoms with Crippen LogP contribution in [0.4, 0.5) is 5.69 Å². The van der Waals surface area contributed by atoms with E-state index in [1.165, 1.54) is 24.4 Å². The molecule has 1 fully saturated rings. The minimum atomic E-state index is -3.85. The molecule has 1 aliphatic heterocycles. The summed E-state index contributed by atoms with van der Waals surface area (Å²) in [5.74, 6) is 0. The average molecular weight is 437 g/mol. The van der Waals surface area contributed by atoms with Crippen LogP contribution in [0.25, 0.3) is 10.9 Å². The van der Waals surface area contributed by atoms with Crippen molar-refractivity contribution in [2.24, 2.45) is 0 Å². The summed E-state index contributed by atoms with van der Waals surface area (Å²) >= 11 is 12.0. The normalized spacial score (nSPS) is 15.2. The Hall–Kier alpha value is -1.86. The first-order valence-electron chi connectivity index (χ1n) is 8.80. The van der Waals surface area contributed by atoms with Crippen molar-refractivity contribution in [1.82, 2.24) is 4.98 Å². The van der Waals surface area contributed by atoms with Gasteiger partial charge in [0.05, 0.1) is 39.4 Å². The van der Waals surface area contributed by atoms with Crippen molar-refractivity contribution in [3.05, 3.63) is 58.2 Å². The van der Waals surface area contributed by atoms with Gasteiger partial charge in [0.1, 0.15) is 4.90 Å². The lowest BCUT2D eigenvalue weighted by Gasteiger charge is -2.31. The summed E-state index contributed by atoms with van der Waals surface area (Å²) in [6, 6.07) is 10.2. The summed E-state index contributed by atoms with van der Waals surface area (Å²) in [7, 11) is -3.85. The zero-order chi connectivity index (χ0) is 19.9. The number of benzene rings is 2. The molecule has 2 aromatic carbocycles. The van der Waals surface area contributed by atoms with Gasteiger partial charge in [0.2, 0.25) is 9.84 Å². The molecular weight excluding hydrogens is 419 g/mol. The SMILES string of the molecule is Cc1ccc2ncc(S(=O)(=O)c3ccc(Cl)c(Cl)c3)c(N3CCOCC3)c2c1. The van der Waals surface area contributed by atoms with Gasteiger partial charge in [-0.05, 0) is 37.3 Å². The Bertz CT molecular complexity index is 1160. The third kappa shape index (κ3) is 3.46. The third-order valence-electron chi connectivity index (χ3n) is 4.78. The van der Waals surface area contributed by atoms with Crippen molar-refractivity contribution < 1.29 is 13.2 Å². The molecule has 28 heavy (non-hydrogen) atoms. The Morgan fingerprint density at radius 1 is 1.04 bits per heavy atom. The number of fused-ring (bicyclic) bond motifs is 1. The summed E-state index contributed by atoms with van der Waals surface area (Å²) in [5, 5.41) is 1.31.